The zero-order valence-corrected chi connectivity index (χ0v) is 11.9. The van der Waals surface area contributed by atoms with Gasteiger partial charge in [-0.25, -0.2) is 4.98 Å². The van der Waals surface area contributed by atoms with Crippen molar-refractivity contribution < 1.29 is 4.74 Å². The predicted molar refractivity (Wildman–Crippen MR) is 81.1 cm³/mol. The van der Waals surface area contributed by atoms with Gasteiger partial charge in [0.1, 0.15) is 0 Å². The van der Waals surface area contributed by atoms with Crippen molar-refractivity contribution >= 4 is 17.0 Å². The van der Waals surface area contributed by atoms with E-state index in [0.717, 1.165) is 56.1 Å². The summed E-state index contributed by atoms with van der Waals surface area (Å²) >= 11 is 0. The molecule has 0 spiro atoms. The molecule has 2 aromatic rings. The Morgan fingerprint density at radius 1 is 1.35 bits per heavy atom. The quantitative estimate of drug-likeness (QED) is 0.876. The molecule has 20 heavy (non-hydrogen) atoms. The molecule has 0 unspecified atom stereocenters. The molecule has 1 fully saturated rings. The van der Waals surface area contributed by atoms with Crippen LogP contribution in [0.1, 0.15) is 12.8 Å². The third-order valence-corrected chi connectivity index (χ3v) is 3.93. The van der Waals surface area contributed by atoms with E-state index < -0.39 is 0 Å². The number of likely N-dealkylation sites (tertiary alicyclic amines) is 1. The van der Waals surface area contributed by atoms with Crippen LogP contribution in [0.2, 0.25) is 0 Å². The van der Waals surface area contributed by atoms with Crippen molar-refractivity contribution in [3.05, 3.63) is 24.3 Å². The zero-order chi connectivity index (χ0) is 13.8. The highest BCUT2D eigenvalue weighted by Crippen LogP contribution is 2.17. The van der Waals surface area contributed by atoms with Crippen LogP contribution in [0.4, 0.5) is 5.95 Å². The number of rotatable bonds is 5. The molecule has 108 valence electrons. The Hall–Kier alpha value is -1.59. The standard InChI is InChI=1S/C15H22N4O/c1-20-11-10-19-8-6-12(7-9-19)16-15-17-13-4-2-3-5-14(13)18-15/h2-5,12H,6-11H2,1H3,(H2,16,17,18). The lowest BCUT2D eigenvalue weighted by atomic mass is 10.1. The average Bonchev–Trinajstić information content (AvgIpc) is 2.89. The average molecular weight is 274 g/mol. The van der Waals surface area contributed by atoms with Gasteiger partial charge >= 0.3 is 0 Å². The van der Waals surface area contributed by atoms with Crippen LogP contribution >= 0.6 is 0 Å². The summed E-state index contributed by atoms with van der Waals surface area (Å²) in [6.45, 7) is 4.11. The second-order valence-electron chi connectivity index (χ2n) is 5.36. The van der Waals surface area contributed by atoms with Gasteiger partial charge in [0.2, 0.25) is 5.95 Å². The summed E-state index contributed by atoms with van der Waals surface area (Å²) in [5.41, 5.74) is 2.11. The van der Waals surface area contributed by atoms with Crippen LogP contribution < -0.4 is 5.32 Å². The number of para-hydroxylation sites is 2. The Bertz CT molecular complexity index is 513. The van der Waals surface area contributed by atoms with Crippen molar-refractivity contribution in [1.29, 1.82) is 0 Å². The Balaban J connectivity index is 1.54. The minimum Gasteiger partial charge on any atom is -0.383 e. The molecule has 1 saturated heterocycles. The molecule has 5 heteroatoms. The molecule has 0 atom stereocenters. The Morgan fingerprint density at radius 3 is 2.90 bits per heavy atom. The lowest BCUT2D eigenvalue weighted by Crippen LogP contribution is -2.40. The molecule has 0 saturated carbocycles. The summed E-state index contributed by atoms with van der Waals surface area (Å²) in [7, 11) is 1.76. The van der Waals surface area contributed by atoms with Crippen LogP contribution in [0, 0.1) is 0 Å². The molecular formula is C15H22N4O. The highest BCUT2D eigenvalue weighted by Gasteiger charge is 2.19. The molecule has 5 nitrogen and oxygen atoms in total. The van der Waals surface area contributed by atoms with Crippen molar-refractivity contribution in [3.63, 3.8) is 0 Å². The molecule has 1 aliphatic heterocycles. The van der Waals surface area contributed by atoms with Crippen molar-refractivity contribution in [2.75, 3.05) is 38.7 Å². The number of fused-ring (bicyclic) bond motifs is 1. The summed E-state index contributed by atoms with van der Waals surface area (Å²) in [5, 5.41) is 3.52. The van der Waals surface area contributed by atoms with Gasteiger partial charge in [-0.1, -0.05) is 12.1 Å². The summed E-state index contributed by atoms with van der Waals surface area (Å²) in [5.74, 6) is 0.890. The van der Waals surface area contributed by atoms with Gasteiger partial charge in [-0.05, 0) is 25.0 Å². The van der Waals surface area contributed by atoms with Gasteiger partial charge in [0.05, 0.1) is 17.6 Å². The number of methoxy groups -OCH3 is 1. The third kappa shape index (κ3) is 3.11. The van der Waals surface area contributed by atoms with Crippen LogP contribution in [0.25, 0.3) is 11.0 Å². The number of anilines is 1. The molecule has 0 radical (unpaired) electrons. The van der Waals surface area contributed by atoms with E-state index in [-0.39, 0.29) is 0 Å². The first-order valence-corrected chi connectivity index (χ1v) is 7.28. The van der Waals surface area contributed by atoms with Crippen LogP contribution in [0.5, 0.6) is 0 Å². The second-order valence-corrected chi connectivity index (χ2v) is 5.36. The number of ether oxygens (including phenoxy) is 1. The van der Waals surface area contributed by atoms with Gasteiger partial charge in [0.25, 0.3) is 0 Å². The third-order valence-electron chi connectivity index (χ3n) is 3.93. The van der Waals surface area contributed by atoms with Gasteiger partial charge in [-0.2, -0.15) is 0 Å². The number of nitrogens with one attached hydrogen (secondary N) is 2. The first-order valence-electron chi connectivity index (χ1n) is 7.28. The molecule has 1 aliphatic rings. The number of aromatic nitrogens is 2. The normalized spacial score (nSPS) is 17.6. The van der Waals surface area contributed by atoms with Crippen molar-refractivity contribution in [2.24, 2.45) is 0 Å². The van der Waals surface area contributed by atoms with E-state index in [1.807, 2.05) is 18.2 Å². The van der Waals surface area contributed by atoms with E-state index in [1.54, 1.807) is 7.11 Å². The number of hydrogen-bond donors (Lipinski definition) is 2. The molecule has 2 N–H and O–H groups in total. The number of piperidine rings is 1. The number of aromatic amines is 1. The molecular weight excluding hydrogens is 252 g/mol. The number of benzene rings is 1. The smallest absolute Gasteiger partial charge is 0.201 e. The SMILES string of the molecule is COCCN1CCC(Nc2nc3ccccc3[nH]2)CC1. The number of nitrogens with zero attached hydrogens (tertiary/aromatic N) is 2. The fourth-order valence-corrected chi connectivity index (χ4v) is 2.74. The highest BCUT2D eigenvalue weighted by molar-refractivity contribution is 5.77. The molecule has 1 aromatic carbocycles. The van der Waals surface area contributed by atoms with Gasteiger partial charge < -0.3 is 19.9 Å². The lowest BCUT2D eigenvalue weighted by molar-refractivity contribution is 0.132. The molecule has 0 aliphatic carbocycles. The molecule has 3 rings (SSSR count). The minimum absolute atomic E-state index is 0.509. The van der Waals surface area contributed by atoms with Crippen molar-refractivity contribution in [3.8, 4) is 0 Å². The largest absolute Gasteiger partial charge is 0.383 e. The Labute approximate surface area is 119 Å². The van der Waals surface area contributed by atoms with Gasteiger partial charge in [-0.15, -0.1) is 0 Å². The van der Waals surface area contributed by atoms with Gasteiger partial charge in [0.15, 0.2) is 0 Å². The van der Waals surface area contributed by atoms with Crippen LogP contribution in [0.3, 0.4) is 0 Å². The second kappa shape index (κ2) is 6.24. The van der Waals surface area contributed by atoms with E-state index in [0.29, 0.717) is 6.04 Å². The number of imidazole rings is 1. The summed E-state index contributed by atoms with van der Waals surface area (Å²) in [6, 6.07) is 8.64. The van der Waals surface area contributed by atoms with Crippen molar-refractivity contribution in [1.82, 2.24) is 14.9 Å². The van der Waals surface area contributed by atoms with Crippen LogP contribution in [0.15, 0.2) is 24.3 Å². The van der Waals surface area contributed by atoms with Gasteiger partial charge in [-0.3, -0.25) is 0 Å². The zero-order valence-electron chi connectivity index (χ0n) is 11.9. The minimum atomic E-state index is 0.509. The molecule has 2 heterocycles. The Kier molecular flexibility index (Phi) is 4.18. The lowest BCUT2D eigenvalue weighted by Gasteiger charge is -2.31. The van der Waals surface area contributed by atoms with E-state index in [9.17, 15) is 0 Å². The fraction of sp³-hybridized carbons (Fsp3) is 0.533. The summed E-state index contributed by atoms with van der Waals surface area (Å²) in [4.78, 5) is 10.4. The predicted octanol–water partition coefficient (Wildman–Crippen LogP) is 2.09. The van der Waals surface area contributed by atoms with E-state index in [4.69, 9.17) is 4.74 Å². The molecule has 0 bridgehead atoms. The topological polar surface area (TPSA) is 53.2 Å². The first kappa shape index (κ1) is 13.4. The van der Waals surface area contributed by atoms with E-state index in [2.05, 4.69) is 26.3 Å². The highest BCUT2D eigenvalue weighted by atomic mass is 16.5. The maximum absolute atomic E-state index is 5.13. The maximum atomic E-state index is 5.13. The number of H-pyrrole nitrogens is 1. The van der Waals surface area contributed by atoms with Crippen LogP contribution in [-0.2, 0) is 4.74 Å². The van der Waals surface area contributed by atoms with E-state index in [1.165, 1.54) is 0 Å². The number of hydrogen-bond acceptors (Lipinski definition) is 4. The van der Waals surface area contributed by atoms with Gasteiger partial charge in [0, 0.05) is 32.8 Å². The molecule has 1 aromatic heterocycles. The summed E-state index contributed by atoms with van der Waals surface area (Å²) < 4.78 is 5.13. The van der Waals surface area contributed by atoms with E-state index >= 15 is 0 Å². The summed E-state index contributed by atoms with van der Waals surface area (Å²) in [6.07, 6.45) is 2.31. The maximum Gasteiger partial charge on any atom is 0.201 e. The van der Waals surface area contributed by atoms with Crippen molar-refractivity contribution in [2.45, 2.75) is 18.9 Å². The fourth-order valence-electron chi connectivity index (χ4n) is 2.74. The first-order chi connectivity index (χ1) is 9.85. The monoisotopic (exact) mass is 274 g/mol. The molecule has 0 amide bonds. The van der Waals surface area contributed by atoms with Crippen LogP contribution in [-0.4, -0.2) is 54.3 Å². The Morgan fingerprint density at radius 2 is 2.15 bits per heavy atom.